The molecule has 20 heavy (non-hydrogen) atoms. The van der Waals surface area contributed by atoms with Crippen LogP contribution in [0, 0.1) is 5.82 Å². The van der Waals surface area contributed by atoms with Crippen LogP contribution in [0.25, 0.3) is 0 Å². The molecule has 0 saturated carbocycles. The largest absolute Gasteiger partial charge is 0.494 e. The molecule has 0 amide bonds. The van der Waals surface area contributed by atoms with Gasteiger partial charge in [0.05, 0.1) is 7.11 Å². The van der Waals surface area contributed by atoms with Crippen molar-refractivity contribution in [1.82, 2.24) is 0 Å². The zero-order valence-electron chi connectivity index (χ0n) is 12.4. The highest BCUT2D eigenvalue weighted by molar-refractivity contribution is 6.59. The van der Waals surface area contributed by atoms with Gasteiger partial charge in [-0.2, -0.15) is 0 Å². The van der Waals surface area contributed by atoms with Gasteiger partial charge in [-0.05, 0) is 18.4 Å². The lowest BCUT2D eigenvalue weighted by atomic mass is 9.78. The van der Waals surface area contributed by atoms with E-state index in [4.69, 9.17) is 14.8 Å². The molecular weight excluding hydrogens is 258 g/mol. The minimum absolute atomic E-state index is 0.0662. The van der Waals surface area contributed by atoms with Gasteiger partial charge < -0.3 is 14.8 Å². The van der Waals surface area contributed by atoms with Crippen molar-refractivity contribution < 1.29 is 19.2 Å². The monoisotopic (exact) mass is 282 g/mol. The van der Waals surface area contributed by atoms with Crippen LogP contribution in [0.3, 0.4) is 0 Å². The second kappa shape index (κ2) is 8.98. The van der Waals surface area contributed by atoms with Crippen LogP contribution in [-0.2, 0) is 6.42 Å². The van der Waals surface area contributed by atoms with Crippen molar-refractivity contribution in [2.45, 2.75) is 51.9 Å². The molecule has 0 aliphatic rings. The highest BCUT2D eigenvalue weighted by Crippen LogP contribution is 2.20. The van der Waals surface area contributed by atoms with Gasteiger partial charge in [-0.25, -0.2) is 4.39 Å². The van der Waals surface area contributed by atoms with Gasteiger partial charge in [0.25, 0.3) is 0 Å². The molecule has 1 rings (SSSR count). The molecule has 0 aliphatic heterocycles. The Morgan fingerprint density at radius 1 is 1.10 bits per heavy atom. The summed E-state index contributed by atoms with van der Waals surface area (Å²) in [5.74, 6) is -0.546. The van der Waals surface area contributed by atoms with Crippen molar-refractivity contribution in [2.24, 2.45) is 0 Å². The Kier molecular flexibility index (Phi) is 7.63. The molecule has 1 aromatic rings. The first kappa shape index (κ1) is 17.0. The standard InChI is InChI=1S/C15H24BFO3/c1-3-4-5-6-7-8-9-12-10-11-13(16(18)19)15(20-2)14(12)17/h10-11,18-19H,3-9H2,1-2H3. The number of hydrogen-bond donors (Lipinski definition) is 2. The van der Waals surface area contributed by atoms with Crippen molar-refractivity contribution in [3.63, 3.8) is 0 Å². The van der Waals surface area contributed by atoms with E-state index >= 15 is 0 Å². The van der Waals surface area contributed by atoms with Crippen LogP contribution >= 0.6 is 0 Å². The van der Waals surface area contributed by atoms with E-state index in [-0.39, 0.29) is 11.2 Å². The van der Waals surface area contributed by atoms with Crippen molar-refractivity contribution in [2.75, 3.05) is 7.11 Å². The lowest BCUT2D eigenvalue weighted by molar-refractivity contribution is 0.379. The number of benzene rings is 1. The third-order valence-corrected chi connectivity index (χ3v) is 3.49. The molecule has 0 saturated heterocycles. The average Bonchev–Trinajstić information content (AvgIpc) is 2.43. The smallest absolute Gasteiger partial charge is 0.492 e. The molecule has 0 aromatic heterocycles. The highest BCUT2D eigenvalue weighted by atomic mass is 19.1. The zero-order chi connectivity index (χ0) is 15.0. The first-order valence-corrected chi connectivity index (χ1v) is 7.33. The van der Waals surface area contributed by atoms with Crippen LogP contribution in [0.2, 0.25) is 0 Å². The van der Waals surface area contributed by atoms with E-state index in [1.807, 2.05) is 0 Å². The number of unbranched alkanes of at least 4 members (excludes halogenated alkanes) is 5. The molecule has 0 radical (unpaired) electrons. The fourth-order valence-corrected chi connectivity index (χ4v) is 2.31. The van der Waals surface area contributed by atoms with Crippen molar-refractivity contribution in [1.29, 1.82) is 0 Å². The van der Waals surface area contributed by atoms with Gasteiger partial charge in [-0.1, -0.05) is 51.2 Å². The molecule has 112 valence electrons. The summed E-state index contributed by atoms with van der Waals surface area (Å²) in [6.45, 7) is 2.18. The Morgan fingerprint density at radius 2 is 1.75 bits per heavy atom. The molecule has 0 bridgehead atoms. The summed E-state index contributed by atoms with van der Waals surface area (Å²) in [7, 11) is -0.388. The van der Waals surface area contributed by atoms with Crippen LogP contribution in [-0.4, -0.2) is 24.3 Å². The van der Waals surface area contributed by atoms with Gasteiger partial charge >= 0.3 is 7.12 Å². The van der Waals surface area contributed by atoms with Crippen molar-refractivity contribution in [3.8, 4) is 5.75 Å². The summed E-state index contributed by atoms with van der Waals surface area (Å²) in [5, 5.41) is 18.3. The van der Waals surface area contributed by atoms with Crippen LogP contribution in [0.1, 0.15) is 51.0 Å². The van der Waals surface area contributed by atoms with Crippen molar-refractivity contribution >= 4 is 12.6 Å². The van der Waals surface area contributed by atoms with E-state index in [2.05, 4.69) is 6.92 Å². The fourth-order valence-electron chi connectivity index (χ4n) is 2.31. The third kappa shape index (κ3) is 4.80. The maximum Gasteiger partial charge on any atom is 0.492 e. The molecule has 2 N–H and O–H groups in total. The molecule has 0 aliphatic carbocycles. The van der Waals surface area contributed by atoms with Gasteiger partial charge in [0, 0.05) is 5.46 Å². The molecule has 0 spiro atoms. The van der Waals surface area contributed by atoms with Crippen LogP contribution in [0.5, 0.6) is 5.75 Å². The molecule has 3 nitrogen and oxygen atoms in total. The van der Waals surface area contributed by atoms with E-state index in [0.717, 1.165) is 12.8 Å². The normalized spacial score (nSPS) is 10.7. The summed E-state index contributed by atoms with van der Waals surface area (Å²) in [6.07, 6.45) is 7.56. The fraction of sp³-hybridized carbons (Fsp3) is 0.600. The molecular formula is C15H24BFO3. The van der Waals surface area contributed by atoms with Crippen molar-refractivity contribution in [3.05, 3.63) is 23.5 Å². The summed E-state index contributed by atoms with van der Waals surface area (Å²) in [6, 6.07) is 3.12. The van der Waals surface area contributed by atoms with Gasteiger partial charge in [-0.3, -0.25) is 0 Å². The number of rotatable bonds is 9. The lowest BCUT2D eigenvalue weighted by Crippen LogP contribution is -2.32. The molecule has 0 unspecified atom stereocenters. The lowest BCUT2D eigenvalue weighted by Gasteiger charge is -2.12. The first-order chi connectivity index (χ1) is 9.61. The van der Waals surface area contributed by atoms with Gasteiger partial charge in [0.15, 0.2) is 11.6 Å². The average molecular weight is 282 g/mol. The molecule has 1 aromatic carbocycles. The Morgan fingerprint density at radius 3 is 2.35 bits per heavy atom. The Bertz CT molecular complexity index is 410. The Hall–Kier alpha value is -1.07. The van der Waals surface area contributed by atoms with E-state index in [0.29, 0.717) is 12.0 Å². The zero-order valence-corrected chi connectivity index (χ0v) is 12.4. The topological polar surface area (TPSA) is 49.7 Å². The highest BCUT2D eigenvalue weighted by Gasteiger charge is 2.21. The predicted octanol–water partition coefficient (Wildman–Crippen LogP) is 2.42. The summed E-state index contributed by atoms with van der Waals surface area (Å²) in [5.41, 5.74) is 0.637. The molecule has 0 fully saturated rings. The Labute approximate surface area is 120 Å². The van der Waals surface area contributed by atoms with E-state index in [1.165, 1.54) is 38.9 Å². The summed E-state index contributed by atoms with van der Waals surface area (Å²) in [4.78, 5) is 0. The maximum atomic E-state index is 14.2. The number of aryl methyl sites for hydroxylation is 1. The van der Waals surface area contributed by atoms with Crippen LogP contribution in [0.15, 0.2) is 12.1 Å². The number of methoxy groups -OCH3 is 1. The van der Waals surface area contributed by atoms with E-state index in [1.54, 1.807) is 6.07 Å². The minimum atomic E-state index is -1.72. The molecule has 0 heterocycles. The second-order valence-electron chi connectivity index (χ2n) is 5.05. The third-order valence-electron chi connectivity index (χ3n) is 3.49. The minimum Gasteiger partial charge on any atom is -0.494 e. The summed E-state index contributed by atoms with van der Waals surface area (Å²) < 4.78 is 19.1. The van der Waals surface area contributed by atoms with E-state index < -0.39 is 12.9 Å². The number of ether oxygens (including phenoxy) is 1. The van der Waals surface area contributed by atoms with E-state index in [9.17, 15) is 4.39 Å². The number of hydrogen-bond acceptors (Lipinski definition) is 3. The second-order valence-corrected chi connectivity index (χ2v) is 5.05. The van der Waals surface area contributed by atoms with Gasteiger partial charge in [-0.15, -0.1) is 0 Å². The molecule has 0 atom stereocenters. The van der Waals surface area contributed by atoms with Gasteiger partial charge in [0.1, 0.15) is 0 Å². The SMILES string of the molecule is CCCCCCCCc1ccc(B(O)O)c(OC)c1F. The van der Waals surface area contributed by atoms with Gasteiger partial charge in [0.2, 0.25) is 0 Å². The predicted molar refractivity (Wildman–Crippen MR) is 79.9 cm³/mol. The quantitative estimate of drug-likeness (QED) is 0.540. The maximum absolute atomic E-state index is 14.2. The first-order valence-electron chi connectivity index (χ1n) is 7.33. The Balaban J connectivity index is 2.58. The summed E-state index contributed by atoms with van der Waals surface area (Å²) >= 11 is 0. The number of halogens is 1. The van der Waals surface area contributed by atoms with Crippen LogP contribution in [0.4, 0.5) is 4.39 Å². The van der Waals surface area contributed by atoms with Crippen LogP contribution < -0.4 is 10.2 Å². The molecule has 5 heteroatoms.